The lowest BCUT2D eigenvalue weighted by Crippen LogP contribution is -2.41. The van der Waals surface area contributed by atoms with E-state index in [1.54, 1.807) is 0 Å². The molecule has 0 saturated carbocycles. The van der Waals surface area contributed by atoms with Crippen molar-refractivity contribution in [2.75, 3.05) is 0 Å². The Morgan fingerprint density at radius 1 is 0.850 bits per heavy atom. The predicted octanol–water partition coefficient (Wildman–Crippen LogP) is 5.50. The fraction of sp³-hybridized carbons (Fsp3) is 1.00. The van der Waals surface area contributed by atoms with Crippen LogP contribution in [0.4, 0.5) is 0 Å². The van der Waals surface area contributed by atoms with Crippen molar-refractivity contribution in [3.63, 3.8) is 0 Å². The molecule has 0 radical (unpaired) electrons. The average molecular weight is 394 g/mol. The quantitative estimate of drug-likeness (QED) is 0.189. The second-order valence-corrected chi connectivity index (χ2v) is 8.48. The molecular formula is C17H36BIO. The molecule has 0 amide bonds. The van der Waals surface area contributed by atoms with Gasteiger partial charge in [0.05, 0.1) is 0 Å². The van der Waals surface area contributed by atoms with Crippen LogP contribution >= 0.6 is 22.6 Å². The molecule has 0 aliphatic rings. The molecular weight excluding hydrogens is 358 g/mol. The normalized spacial score (nSPS) is 17.6. The van der Waals surface area contributed by atoms with E-state index < -0.39 is 3.61 Å². The highest BCUT2D eigenvalue weighted by Gasteiger charge is 2.42. The Morgan fingerprint density at radius 2 is 1.30 bits per heavy atom. The minimum atomic E-state index is -0.530. The maximum absolute atomic E-state index is 10.9. The minimum absolute atomic E-state index is 0.0882. The lowest BCUT2D eigenvalue weighted by atomic mass is 9.72. The second-order valence-electron chi connectivity index (χ2n) is 6.69. The molecule has 1 nitrogen and oxygen atoms in total. The monoisotopic (exact) mass is 394 g/mol. The Kier molecular flexibility index (Phi) is 11.8. The van der Waals surface area contributed by atoms with Crippen LogP contribution in [0, 0.1) is 5.41 Å². The first kappa shape index (κ1) is 20.8. The summed E-state index contributed by atoms with van der Waals surface area (Å²) in [6.45, 7) is 6.84. The molecule has 0 aliphatic heterocycles. The average Bonchev–Trinajstić information content (AvgIpc) is 2.38. The first-order valence-electron chi connectivity index (χ1n) is 8.84. The zero-order valence-electron chi connectivity index (χ0n) is 14.3. The van der Waals surface area contributed by atoms with Gasteiger partial charge in [-0.25, -0.2) is 0 Å². The fourth-order valence-electron chi connectivity index (χ4n) is 3.03. The minimum Gasteiger partial charge on any atom is -0.379 e. The van der Waals surface area contributed by atoms with Gasteiger partial charge >= 0.3 is 0 Å². The molecule has 0 heterocycles. The Morgan fingerprint density at radius 3 is 1.80 bits per heavy atom. The smallest absolute Gasteiger partial charge is 0.120 e. The van der Waals surface area contributed by atoms with Gasteiger partial charge in [0.15, 0.2) is 0 Å². The standard InChI is InChI=1S/C17H36BIO/c1-4-6-8-9-11-13-16(3,12-10-7-5-2)17(19,20)14-15-18/h20H,4-15,18H2,1-3H3/t16?,17-/m0/s1. The van der Waals surface area contributed by atoms with Crippen LogP contribution in [-0.4, -0.2) is 16.6 Å². The molecule has 20 heavy (non-hydrogen) atoms. The van der Waals surface area contributed by atoms with Crippen molar-refractivity contribution in [1.29, 1.82) is 0 Å². The number of unbranched alkanes of at least 4 members (excludes halogenated alkanes) is 6. The van der Waals surface area contributed by atoms with Crippen molar-refractivity contribution in [1.82, 2.24) is 0 Å². The molecule has 0 aromatic rings. The molecule has 0 aromatic carbocycles. The number of alkyl halides is 1. The van der Waals surface area contributed by atoms with E-state index in [1.807, 2.05) is 0 Å². The summed E-state index contributed by atoms with van der Waals surface area (Å²) in [5, 5.41) is 10.9. The first-order valence-corrected chi connectivity index (χ1v) is 9.92. The number of halogens is 1. The van der Waals surface area contributed by atoms with E-state index in [9.17, 15) is 5.11 Å². The maximum Gasteiger partial charge on any atom is 0.120 e. The molecule has 0 bridgehead atoms. The zero-order chi connectivity index (χ0) is 15.5. The lowest BCUT2D eigenvalue weighted by Gasteiger charge is -2.42. The van der Waals surface area contributed by atoms with Crippen LogP contribution in [0.2, 0.25) is 6.32 Å². The van der Waals surface area contributed by atoms with Crippen molar-refractivity contribution in [3.05, 3.63) is 0 Å². The Hall–Kier alpha value is 0.755. The summed E-state index contributed by atoms with van der Waals surface area (Å²) in [5.41, 5.74) is 0.0882. The van der Waals surface area contributed by atoms with Crippen molar-refractivity contribution >= 4 is 30.4 Å². The van der Waals surface area contributed by atoms with Crippen molar-refractivity contribution in [3.8, 4) is 0 Å². The van der Waals surface area contributed by atoms with Crippen LogP contribution in [0.5, 0.6) is 0 Å². The summed E-state index contributed by atoms with van der Waals surface area (Å²) in [6, 6.07) is 0. The lowest BCUT2D eigenvalue weighted by molar-refractivity contribution is 0.00232. The molecule has 2 atom stereocenters. The highest BCUT2D eigenvalue weighted by Crippen LogP contribution is 2.47. The van der Waals surface area contributed by atoms with Crippen molar-refractivity contribution in [2.45, 2.75) is 101 Å². The number of hydrogen-bond acceptors (Lipinski definition) is 1. The molecule has 120 valence electrons. The predicted molar refractivity (Wildman–Crippen MR) is 103 cm³/mol. The van der Waals surface area contributed by atoms with E-state index in [1.165, 1.54) is 64.2 Å². The van der Waals surface area contributed by atoms with Gasteiger partial charge in [0.25, 0.3) is 0 Å². The van der Waals surface area contributed by atoms with Crippen molar-refractivity contribution in [2.24, 2.45) is 5.41 Å². The van der Waals surface area contributed by atoms with Crippen LogP contribution in [0.3, 0.4) is 0 Å². The topological polar surface area (TPSA) is 20.2 Å². The maximum atomic E-state index is 10.9. The first-order chi connectivity index (χ1) is 9.43. The van der Waals surface area contributed by atoms with Gasteiger partial charge in [0, 0.05) is 5.41 Å². The van der Waals surface area contributed by atoms with Crippen LogP contribution in [0.1, 0.15) is 91.4 Å². The SMILES string of the molecule is BCC[C@@](O)(I)C(C)(CCCCC)CCCCCCC. The molecule has 0 fully saturated rings. The van der Waals surface area contributed by atoms with Gasteiger partial charge < -0.3 is 5.11 Å². The third kappa shape index (κ3) is 7.67. The highest BCUT2D eigenvalue weighted by molar-refractivity contribution is 14.1. The fourth-order valence-corrected chi connectivity index (χ4v) is 4.10. The van der Waals surface area contributed by atoms with Crippen LogP contribution in [0.25, 0.3) is 0 Å². The third-order valence-electron chi connectivity index (χ3n) is 4.67. The molecule has 3 heteroatoms. The van der Waals surface area contributed by atoms with Gasteiger partial charge in [-0.15, -0.1) is 0 Å². The van der Waals surface area contributed by atoms with Gasteiger partial charge in [-0.05, 0) is 41.9 Å². The van der Waals surface area contributed by atoms with Crippen LogP contribution < -0.4 is 0 Å². The molecule has 1 N–H and O–H groups in total. The largest absolute Gasteiger partial charge is 0.379 e. The zero-order valence-corrected chi connectivity index (χ0v) is 16.5. The number of hydrogen-bond donors (Lipinski definition) is 1. The van der Waals surface area contributed by atoms with Crippen molar-refractivity contribution < 1.29 is 5.11 Å². The highest BCUT2D eigenvalue weighted by atomic mass is 127. The Bertz CT molecular complexity index is 233. The van der Waals surface area contributed by atoms with Gasteiger partial charge in [0.2, 0.25) is 0 Å². The van der Waals surface area contributed by atoms with E-state index in [0.29, 0.717) is 0 Å². The van der Waals surface area contributed by atoms with E-state index >= 15 is 0 Å². The van der Waals surface area contributed by atoms with E-state index in [-0.39, 0.29) is 5.41 Å². The summed E-state index contributed by atoms with van der Waals surface area (Å²) in [4.78, 5) is 0. The van der Waals surface area contributed by atoms with Gasteiger partial charge in [-0.3, -0.25) is 0 Å². The summed E-state index contributed by atoms with van der Waals surface area (Å²) in [5.74, 6) is 0. The Balaban J connectivity index is 4.44. The van der Waals surface area contributed by atoms with E-state index in [0.717, 1.165) is 12.7 Å². The van der Waals surface area contributed by atoms with Gasteiger partial charge in [-0.1, -0.05) is 78.5 Å². The number of aliphatic hydroxyl groups is 1. The van der Waals surface area contributed by atoms with Crippen LogP contribution in [0.15, 0.2) is 0 Å². The molecule has 0 rings (SSSR count). The van der Waals surface area contributed by atoms with E-state index in [2.05, 4.69) is 51.2 Å². The number of rotatable bonds is 13. The summed E-state index contributed by atoms with van der Waals surface area (Å²) < 4.78 is -0.530. The summed E-state index contributed by atoms with van der Waals surface area (Å²) >= 11 is 2.33. The third-order valence-corrected chi connectivity index (χ3v) is 6.51. The molecule has 1 unspecified atom stereocenters. The molecule has 0 aromatic heterocycles. The van der Waals surface area contributed by atoms with E-state index in [4.69, 9.17) is 0 Å². The summed E-state index contributed by atoms with van der Waals surface area (Å²) in [6.07, 6.45) is 14.8. The molecule has 0 spiro atoms. The van der Waals surface area contributed by atoms with Crippen LogP contribution in [-0.2, 0) is 0 Å². The van der Waals surface area contributed by atoms with Gasteiger partial charge in [0.1, 0.15) is 11.5 Å². The Labute approximate surface area is 142 Å². The molecule has 0 saturated heterocycles. The summed E-state index contributed by atoms with van der Waals surface area (Å²) in [7, 11) is 2.18. The second kappa shape index (κ2) is 11.3. The van der Waals surface area contributed by atoms with Gasteiger partial charge in [-0.2, -0.15) is 0 Å². The molecule has 0 aliphatic carbocycles.